The molecule has 0 bridgehead atoms. The summed E-state index contributed by atoms with van der Waals surface area (Å²) in [6.07, 6.45) is 7.71. The van der Waals surface area contributed by atoms with Crippen LogP contribution in [0, 0.1) is 22.7 Å². The van der Waals surface area contributed by atoms with Gasteiger partial charge < -0.3 is 4.90 Å². The molecule has 0 heterocycles. The molecule has 0 fully saturated rings. The van der Waals surface area contributed by atoms with Gasteiger partial charge in [0.25, 0.3) is 0 Å². The van der Waals surface area contributed by atoms with Crippen LogP contribution in [0.4, 0.5) is 5.69 Å². The Balaban J connectivity index is 3.07. The first kappa shape index (κ1) is 19.0. The molecule has 1 rings (SSSR count). The molecule has 1 aromatic carbocycles. The minimum Gasteiger partial charge on any atom is -0.378 e. The molecule has 0 N–H and O–H groups in total. The van der Waals surface area contributed by atoms with E-state index in [1.54, 1.807) is 0 Å². The Hall–Kier alpha value is -3.04. The molecule has 1 aromatic rings. The minimum atomic E-state index is 0.124. The lowest BCUT2D eigenvalue weighted by atomic mass is 10.0. The standard InChI is InChI=1S/C21H23N3/c1-16(2)12-19(20(14-22)15-23)13-17(3)6-7-18-8-10-21(11-9-18)24(4)5/h6-13H,1-5H3/b7-6+,17-13+. The van der Waals surface area contributed by atoms with Gasteiger partial charge in [0, 0.05) is 25.4 Å². The van der Waals surface area contributed by atoms with Crippen LogP contribution in [-0.4, -0.2) is 14.1 Å². The van der Waals surface area contributed by atoms with Crippen LogP contribution in [0.3, 0.4) is 0 Å². The molecule has 3 nitrogen and oxygen atoms in total. The Labute approximate surface area is 145 Å². The maximum atomic E-state index is 9.09. The number of rotatable bonds is 5. The van der Waals surface area contributed by atoms with Crippen LogP contribution < -0.4 is 4.90 Å². The Kier molecular flexibility index (Phi) is 7.27. The molecule has 0 aliphatic carbocycles. The molecule has 0 aliphatic heterocycles. The van der Waals surface area contributed by atoms with Gasteiger partial charge in [0.2, 0.25) is 0 Å². The summed E-state index contributed by atoms with van der Waals surface area (Å²) in [4.78, 5) is 2.06. The average molecular weight is 317 g/mol. The molecule has 0 unspecified atom stereocenters. The van der Waals surface area contributed by atoms with Crippen molar-refractivity contribution in [2.24, 2.45) is 0 Å². The first-order valence-electron chi connectivity index (χ1n) is 7.70. The second-order valence-electron chi connectivity index (χ2n) is 5.98. The van der Waals surface area contributed by atoms with Gasteiger partial charge >= 0.3 is 0 Å². The molecule has 24 heavy (non-hydrogen) atoms. The van der Waals surface area contributed by atoms with Gasteiger partial charge in [-0.1, -0.05) is 41.5 Å². The van der Waals surface area contributed by atoms with Crippen LogP contribution in [0.2, 0.25) is 0 Å². The summed E-state index contributed by atoms with van der Waals surface area (Å²) in [6, 6.07) is 12.2. The molecule has 0 radical (unpaired) electrons. The maximum Gasteiger partial charge on any atom is 0.136 e. The fourth-order valence-corrected chi connectivity index (χ4v) is 2.06. The van der Waals surface area contributed by atoms with Crippen molar-refractivity contribution in [2.75, 3.05) is 19.0 Å². The third-order valence-electron chi connectivity index (χ3n) is 3.29. The summed E-state index contributed by atoms with van der Waals surface area (Å²) in [7, 11) is 4.02. The van der Waals surface area contributed by atoms with Crippen molar-refractivity contribution >= 4 is 11.8 Å². The zero-order chi connectivity index (χ0) is 18.1. The normalized spacial score (nSPS) is 10.7. The predicted molar refractivity (Wildman–Crippen MR) is 101 cm³/mol. The first-order chi connectivity index (χ1) is 11.4. The van der Waals surface area contributed by atoms with E-state index in [1.165, 1.54) is 0 Å². The van der Waals surface area contributed by atoms with E-state index >= 15 is 0 Å². The molecule has 0 amide bonds. The van der Waals surface area contributed by atoms with Crippen LogP contribution in [-0.2, 0) is 0 Å². The van der Waals surface area contributed by atoms with Crippen molar-refractivity contribution in [1.82, 2.24) is 0 Å². The van der Waals surface area contributed by atoms with Crippen molar-refractivity contribution < 1.29 is 0 Å². The van der Waals surface area contributed by atoms with E-state index in [0.29, 0.717) is 5.57 Å². The van der Waals surface area contributed by atoms with Crippen molar-refractivity contribution in [1.29, 1.82) is 10.5 Å². The van der Waals surface area contributed by atoms with Crippen molar-refractivity contribution in [2.45, 2.75) is 20.8 Å². The molecule has 0 aliphatic rings. The van der Waals surface area contributed by atoms with Crippen LogP contribution in [0.15, 0.2) is 64.8 Å². The summed E-state index contributed by atoms with van der Waals surface area (Å²) in [6.45, 7) is 5.84. The van der Waals surface area contributed by atoms with Crippen LogP contribution in [0.5, 0.6) is 0 Å². The number of hydrogen-bond donors (Lipinski definition) is 0. The van der Waals surface area contributed by atoms with E-state index in [0.717, 1.165) is 22.4 Å². The smallest absolute Gasteiger partial charge is 0.136 e. The highest BCUT2D eigenvalue weighted by Crippen LogP contribution is 2.16. The summed E-state index contributed by atoms with van der Waals surface area (Å²) in [5.41, 5.74) is 5.04. The van der Waals surface area contributed by atoms with E-state index in [9.17, 15) is 0 Å². The SMILES string of the molecule is CC(C)=CC(/C=C(C)/C=C/c1ccc(N(C)C)cc1)=C(C#N)C#N. The van der Waals surface area contributed by atoms with E-state index in [2.05, 4.69) is 29.2 Å². The van der Waals surface area contributed by atoms with Crippen molar-refractivity contribution in [3.63, 3.8) is 0 Å². The van der Waals surface area contributed by atoms with Gasteiger partial charge in [-0.2, -0.15) is 10.5 Å². The molecule has 3 heteroatoms. The summed E-state index contributed by atoms with van der Waals surface area (Å²) < 4.78 is 0. The van der Waals surface area contributed by atoms with Gasteiger partial charge in [0.1, 0.15) is 17.7 Å². The number of nitriles is 2. The minimum absolute atomic E-state index is 0.124. The first-order valence-corrected chi connectivity index (χ1v) is 7.70. The lowest BCUT2D eigenvalue weighted by Crippen LogP contribution is -2.07. The molecule has 0 saturated carbocycles. The third kappa shape index (κ3) is 5.99. The van der Waals surface area contributed by atoms with Crippen LogP contribution >= 0.6 is 0 Å². The number of benzene rings is 1. The monoisotopic (exact) mass is 317 g/mol. The fourth-order valence-electron chi connectivity index (χ4n) is 2.06. The molecule has 0 atom stereocenters. The molecule has 0 aromatic heterocycles. The lowest BCUT2D eigenvalue weighted by molar-refractivity contribution is 1.13. The second kappa shape index (κ2) is 9.18. The Bertz CT molecular complexity index is 754. The third-order valence-corrected chi connectivity index (χ3v) is 3.29. The summed E-state index contributed by atoms with van der Waals surface area (Å²) >= 11 is 0. The van der Waals surface area contributed by atoms with Gasteiger partial charge in [-0.3, -0.25) is 0 Å². The van der Waals surface area contributed by atoms with E-state index in [4.69, 9.17) is 10.5 Å². The molecule has 122 valence electrons. The number of hydrogen-bond acceptors (Lipinski definition) is 3. The van der Waals surface area contributed by atoms with Gasteiger partial charge in [-0.15, -0.1) is 0 Å². The number of allylic oxidation sites excluding steroid dienone is 7. The van der Waals surface area contributed by atoms with Gasteiger partial charge in [-0.05, 0) is 44.5 Å². The van der Waals surface area contributed by atoms with Gasteiger partial charge in [0.15, 0.2) is 0 Å². The Morgan fingerprint density at radius 1 is 0.958 bits per heavy atom. The zero-order valence-corrected chi connectivity index (χ0v) is 15.0. The Morgan fingerprint density at radius 2 is 1.54 bits per heavy atom. The zero-order valence-electron chi connectivity index (χ0n) is 15.0. The highest BCUT2D eigenvalue weighted by molar-refractivity contribution is 5.59. The largest absolute Gasteiger partial charge is 0.378 e. The quantitative estimate of drug-likeness (QED) is 0.566. The Morgan fingerprint density at radius 3 is 2.00 bits per heavy atom. The van der Waals surface area contributed by atoms with E-state index in [1.807, 2.05) is 71.3 Å². The lowest BCUT2D eigenvalue weighted by Gasteiger charge is -2.11. The molecule has 0 saturated heterocycles. The average Bonchev–Trinajstić information content (AvgIpc) is 2.53. The maximum absolute atomic E-state index is 9.09. The van der Waals surface area contributed by atoms with Crippen LogP contribution in [0.25, 0.3) is 6.08 Å². The van der Waals surface area contributed by atoms with Crippen LogP contribution in [0.1, 0.15) is 26.3 Å². The second-order valence-corrected chi connectivity index (χ2v) is 5.98. The topological polar surface area (TPSA) is 50.8 Å². The fraction of sp³-hybridized carbons (Fsp3) is 0.238. The van der Waals surface area contributed by atoms with Gasteiger partial charge in [-0.25, -0.2) is 0 Å². The number of nitrogens with zero attached hydrogens (tertiary/aromatic N) is 3. The highest BCUT2D eigenvalue weighted by atomic mass is 15.1. The van der Waals surface area contributed by atoms with Gasteiger partial charge in [0.05, 0.1) is 0 Å². The summed E-state index contributed by atoms with van der Waals surface area (Å²) in [5, 5.41) is 18.2. The molecule has 0 spiro atoms. The predicted octanol–water partition coefficient (Wildman–Crippen LogP) is 5.02. The van der Waals surface area contributed by atoms with E-state index in [-0.39, 0.29) is 5.57 Å². The summed E-state index contributed by atoms with van der Waals surface area (Å²) in [5.74, 6) is 0. The molecular weight excluding hydrogens is 294 g/mol. The number of anilines is 1. The highest BCUT2D eigenvalue weighted by Gasteiger charge is 2.01. The van der Waals surface area contributed by atoms with Crippen molar-refractivity contribution in [3.05, 3.63) is 70.3 Å². The van der Waals surface area contributed by atoms with E-state index < -0.39 is 0 Å². The molecular formula is C21H23N3. The van der Waals surface area contributed by atoms with Crippen molar-refractivity contribution in [3.8, 4) is 12.1 Å².